The Balaban J connectivity index is 0.000000133. The van der Waals surface area contributed by atoms with E-state index in [0.29, 0.717) is 0 Å². The van der Waals surface area contributed by atoms with Crippen molar-refractivity contribution in [3.8, 4) is 44.5 Å². The number of rotatable bonds is 12. The molecule has 16 aromatic carbocycles. The van der Waals surface area contributed by atoms with E-state index in [1.54, 1.807) is 0 Å². The van der Waals surface area contributed by atoms with Crippen LogP contribution in [-0.2, 0) is 5.41 Å². The number of anilines is 12. The summed E-state index contributed by atoms with van der Waals surface area (Å²) < 4.78 is 1.87. The number of aryl methyl sites for hydroxylation is 2. The van der Waals surface area contributed by atoms with Gasteiger partial charge in [0, 0.05) is 105 Å². The lowest BCUT2D eigenvalue weighted by atomic mass is 9.61. The molecule has 0 saturated heterocycles. The van der Waals surface area contributed by atoms with E-state index in [1.807, 2.05) is 146 Å². The molecule has 0 aromatic heterocycles. The Morgan fingerprint density at radius 3 is 0.712 bits per heavy atom. The molecule has 530 valence electrons. The number of Topliss-reactive ketones (excluding diaryl/α,β-unsaturated/α-hetero) is 1. The Morgan fingerprint density at radius 1 is 0.198 bits per heavy atom. The van der Waals surface area contributed by atoms with Crippen LogP contribution in [0.3, 0.4) is 0 Å². The van der Waals surface area contributed by atoms with E-state index in [2.05, 4.69) is 308 Å². The predicted molar refractivity (Wildman–Crippen MR) is 462 cm³/mol. The van der Waals surface area contributed by atoms with E-state index < -0.39 is 5.41 Å². The number of fused-ring (bicyclic) bond motifs is 15. The van der Waals surface area contributed by atoms with E-state index in [1.165, 1.54) is 0 Å². The largest absolute Gasteiger partial charge is 0.310 e. The van der Waals surface area contributed by atoms with Gasteiger partial charge in [-0.2, -0.15) is 0 Å². The molecule has 0 aliphatic heterocycles. The Morgan fingerprint density at radius 2 is 0.414 bits per heavy atom. The van der Waals surface area contributed by atoms with Gasteiger partial charge in [-0.1, -0.05) is 261 Å². The van der Waals surface area contributed by atoms with Crippen molar-refractivity contribution in [2.45, 2.75) is 19.3 Å². The fourth-order valence-corrected chi connectivity index (χ4v) is 17.2. The SMILES string of the molecule is Cc1ccc2c(c1)C1(C(=O)c3cc(N(c4ccccc4)c4ccccc4)ccc3-2)c2cc(C)ccc2-c2ccc(N(c3ccccc3)c3ccccc3)cc21.O=C1c2cc(Br)ccc2-c2ccc(Br)cc21.O=C1c2cc(N(c3ccccc3)c3ccccc3)ccc2-c2ccc(N(c3ccccc3)c3ccccc3)cc21. The Kier molecular flexibility index (Phi) is 18.4. The minimum Gasteiger partial charge on any atom is -0.310 e. The number of hydrogen-bond donors (Lipinski definition) is 0. The van der Waals surface area contributed by atoms with Gasteiger partial charge in [-0.05, 0) is 245 Å². The van der Waals surface area contributed by atoms with Crippen LogP contribution in [0.15, 0.2) is 397 Å². The van der Waals surface area contributed by atoms with Crippen LogP contribution in [0, 0.1) is 13.8 Å². The molecule has 16 aromatic rings. The topological polar surface area (TPSA) is 64.2 Å². The van der Waals surface area contributed by atoms with Crippen LogP contribution in [0.4, 0.5) is 68.2 Å². The molecule has 0 fully saturated rings. The minimum absolute atomic E-state index is 0.0517. The predicted octanol–water partition coefficient (Wildman–Crippen LogP) is 27.7. The first-order chi connectivity index (χ1) is 54.5. The number of benzene rings is 16. The highest BCUT2D eigenvalue weighted by Gasteiger charge is 2.55. The lowest BCUT2D eigenvalue weighted by Gasteiger charge is -2.39. The van der Waals surface area contributed by atoms with Crippen LogP contribution < -0.4 is 19.6 Å². The van der Waals surface area contributed by atoms with Crippen LogP contribution >= 0.6 is 31.9 Å². The molecule has 0 radical (unpaired) electrons. The molecule has 7 nitrogen and oxygen atoms in total. The van der Waals surface area contributed by atoms with Gasteiger partial charge in [0.25, 0.3) is 0 Å². The van der Waals surface area contributed by atoms with Crippen molar-refractivity contribution < 1.29 is 14.4 Å². The highest BCUT2D eigenvalue weighted by molar-refractivity contribution is 9.10. The summed E-state index contributed by atoms with van der Waals surface area (Å²) in [5.74, 6) is 0.251. The Bertz CT molecular complexity index is 5920. The summed E-state index contributed by atoms with van der Waals surface area (Å²) in [4.78, 5) is 51.2. The molecule has 0 heterocycles. The van der Waals surface area contributed by atoms with Gasteiger partial charge in [0.1, 0.15) is 5.41 Å². The molecule has 0 N–H and O–H groups in total. The average Bonchev–Trinajstić information content (AvgIpc) is 1.55. The maximum Gasteiger partial charge on any atom is 0.194 e. The van der Waals surface area contributed by atoms with Gasteiger partial charge in [-0.15, -0.1) is 0 Å². The van der Waals surface area contributed by atoms with E-state index in [9.17, 15) is 9.59 Å². The molecule has 0 amide bonds. The standard InChI is InChI=1S/C52H38N2O.C37H26N2O.C13H6Br2O/c1-35-23-27-44-43-29-25-41(53(37-15-7-3-8-16-37)38-17-9-4-10-18-38)33-47(43)51(55)52(48(44)31-35)49-32-36(2)24-28-45(49)46-30-26-42(34-50(46)52)54(39-19-11-5-12-20-39)40-21-13-6-14-22-40;40-37-35-25-31(38(27-13-5-1-6-14-27)28-15-7-2-8-16-28)21-23-33(35)34-24-22-32(26-36(34)37)39(29-17-9-3-10-18-29)30-19-11-4-12-20-30;14-7-1-3-9-10-4-2-8(15)6-12(10)13(16)11(9)5-7/h3-34H,1-2H3;1-26H;1-6H. The van der Waals surface area contributed by atoms with Gasteiger partial charge in [0.15, 0.2) is 17.3 Å². The number of carbonyl (C=O) groups is 3. The molecule has 4 aliphatic carbocycles. The van der Waals surface area contributed by atoms with Crippen molar-refractivity contribution in [1.29, 1.82) is 0 Å². The van der Waals surface area contributed by atoms with E-state index in [-0.39, 0.29) is 17.3 Å². The Hall–Kier alpha value is -13.3. The molecule has 20 rings (SSSR count). The van der Waals surface area contributed by atoms with Crippen LogP contribution in [-0.4, -0.2) is 17.3 Å². The molecule has 1 spiro atoms. The molecule has 0 saturated carbocycles. The zero-order chi connectivity index (χ0) is 75.3. The van der Waals surface area contributed by atoms with Gasteiger partial charge in [-0.25, -0.2) is 0 Å². The number of nitrogens with zero attached hydrogens (tertiary/aromatic N) is 4. The summed E-state index contributed by atoms with van der Waals surface area (Å²) in [6.45, 7) is 4.26. The second-order valence-electron chi connectivity index (χ2n) is 28.2. The van der Waals surface area contributed by atoms with Crippen molar-refractivity contribution in [2.75, 3.05) is 19.6 Å². The average molecular weight is 1560 g/mol. The maximum absolute atomic E-state index is 16.2. The normalized spacial score (nSPS) is 13.3. The quantitative estimate of drug-likeness (QED) is 0.121. The maximum atomic E-state index is 16.2. The second-order valence-corrected chi connectivity index (χ2v) is 30.0. The third-order valence-corrected chi connectivity index (χ3v) is 22.4. The molecule has 4 aliphatic rings. The number of para-hydroxylation sites is 8. The van der Waals surface area contributed by atoms with Gasteiger partial charge < -0.3 is 19.6 Å². The van der Waals surface area contributed by atoms with Crippen molar-refractivity contribution in [1.82, 2.24) is 0 Å². The van der Waals surface area contributed by atoms with Crippen molar-refractivity contribution >= 4 is 117 Å². The van der Waals surface area contributed by atoms with Crippen molar-refractivity contribution in [3.05, 3.63) is 453 Å². The second kappa shape index (κ2) is 29.3. The van der Waals surface area contributed by atoms with Gasteiger partial charge in [0.05, 0.1) is 0 Å². The summed E-state index contributed by atoms with van der Waals surface area (Å²) in [6, 6.07) is 133. The first-order valence-corrected chi connectivity index (χ1v) is 38.7. The number of carbonyl (C=O) groups excluding carboxylic acids is 3. The van der Waals surface area contributed by atoms with Crippen molar-refractivity contribution in [3.63, 3.8) is 0 Å². The summed E-state index contributed by atoms with van der Waals surface area (Å²) in [7, 11) is 0. The lowest BCUT2D eigenvalue weighted by molar-refractivity contribution is 0.0934. The molecular weight excluding hydrogens is 1490 g/mol. The van der Waals surface area contributed by atoms with E-state index in [4.69, 9.17) is 0 Å². The molecule has 0 bridgehead atoms. The zero-order valence-electron chi connectivity index (χ0n) is 60.7. The smallest absolute Gasteiger partial charge is 0.194 e. The van der Waals surface area contributed by atoms with Crippen LogP contribution in [0.25, 0.3) is 44.5 Å². The number of ketones is 3. The third kappa shape index (κ3) is 12.6. The molecule has 9 heteroatoms. The summed E-state index contributed by atoms with van der Waals surface area (Å²) in [5.41, 5.74) is 28.4. The molecule has 1 unspecified atom stereocenters. The van der Waals surface area contributed by atoms with Crippen molar-refractivity contribution in [2.24, 2.45) is 0 Å². The first kappa shape index (κ1) is 69.4. The summed E-state index contributed by atoms with van der Waals surface area (Å²) in [6.07, 6.45) is 0. The molecular formula is C102H70Br2N4O3. The highest BCUT2D eigenvalue weighted by atomic mass is 79.9. The van der Waals surface area contributed by atoms with Gasteiger partial charge >= 0.3 is 0 Å². The summed E-state index contributed by atoms with van der Waals surface area (Å²) >= 11 is 6.78. The van der Waals surface area contributed by atoms with Crippen LogP contribution in [0.1, 0.15) is 70.0 Å². The fourth-order valence-electron chi connectivity index (χ4n) is 16.5. The molecule has 111 heavy (non-hydrogen) atoms. The first-order valence-electron chi connectivity index (χ1n) is 37.1. The van der Waals surface area contributed by atoms with E-state index in [0.717, 1.165) is 177 Å². The summed E-state index contributed by atoms with van der Waals surface area (Å²) in [5, 5.41) is 0. The van der Waals surface area contributed by atoms with Gasteiger partial charge in [0.2, 0.25) is 0 Å². The zero-order valence-corrected chi connectivity index (χ0v) is 63.9. The number of hydrogen-bond acceptors (Lipinski definition) is 7. The Labute approximate surface area is 663 Å². The van der Waals surface area contributed by atoms with E-state index >= 15 is 4.79 Å². The highest BCUT2D eigenvalue weighted by Crippen LogP contribution is 2.61. The van der Waals surface area contributed by atoms with Crippen LogP contribution in [0.5, 0.6) is 0 Å². The van der Waals surface area contributed by atoms with Gasteiger partial charge in [-0.3, -0.25) is 14.4 Å². The lowest BCUT2D eigenvalue weighted by Crippen LogP contribution is -2.40. The number of halogens is 2. The minimum atomic E-state index is -1.07. The molecule has 1 atom stereocenters. The third-order valence-electron chi connectivity index (χ3n) is 21.4. The monoisotopic (exact) mass is 1560 g/mol. The van der Waals surface area contributed by atoms with Crippen LogP contribution in [0.2, 0.25) is 0 Å². The fraction of sp³-hybridized carbons (Fsp3) is 0.0294.